The van der Waals surface area contributed by atoms with E-state index in [0.29, 0.717) is 5.70 Å². The van der Waals surface area contributed by atoms with E-state index in [4.69, 9.17) is 23.3 Å². The first-order chi connectivity index (χ1) is 17.0. The summed E-state index contributed by atoms with van der Waals surface area (Å²) in [5, 5.41) is 14.7. The van der Waals surface area contributed by atoms with E-state index in [1.54, 1.807) is 6.92 Å². The Morgan fingerprint density at radius 1 is 1.03 bits per heavy atom. The van der Waals surface area contributed by atoms with Crippen LogP contribution in [0.3, 0.4) is 0 Å². The van der Waals surface area contributed by atoms with Gasteiger partial charge in [0, 0.05) is 23.0 Å². The van der Waals surface area contributed by atoms with Gasteiger partial charge in [-0.05, 0) is 13.8 Å². The summed E-state index contributed by atoms with van der Waals surface area (Å²) in [5.74, 6) is -4.13. The molecule has 1 N–H and O–H groups in total. The lowest BCUT2D eigenvalue weighted by atomic mass is 9.85. The number of carbonyl (C=O) groups is 3. The Hall–Kier alpha value is -3.54. The molecule has 0 aliphatic carbocycles. The SMILES string of the molecule is COC(=O)C1=C(C)NC(C)=C(P2(=O)OCC(C(=O)OC)(C(=O)OC)CO2)C1c1ccccc1[N+](=O)[O-]. The topological polar surface area (TPSA) is 170 Å². The van der Waals surface area contributed by atoms with Crippen LogP contribution in [0, 0.1) is 15.5 Å². The molecule has 36 heavy (non-hydrogen) atoms. The lowest BCUT2D eigenvalue weighted by Gasteiger charge is -2.39. The van der Waals surface area contributed by atoms with Gasteiger partial charge in [-0.2, -0.15) is 0 Å². The predicted molar refractivity (Wildman–Crippen MR) is 122 cm³/mol. The number of ether oxygens (including phenoxy) is 3. The van der Waals surface area contributed by atoms with E-state index >= 15 is 0 Å². The van der Waals surface area contributed by atoms with Crippen LogP contribution >= 0.6 is 7.60 Å². The molecule has 14 heteroatoms. The van der Waals surface area contributed by atoms with Crippen LogP contribution in [-0.2, 0) is 42.2 Å². The minimum atomic E-state index is -4.37. The molecular weight excluding hydrogens is 499 g/mol. The van der Waals surface area contributed by atoms with E-state index in [1.165, 1.54) is 31.2 Å². The Bertz CT molecular complexity index is 1210. The molecule has 2 aliphatic heterocycles. The van der Waals surface area contributed by atoms with E-state index in [2.05, 4.69) is 5.32 Å². The molecule has 1 unspecified atom stereocenters. The molecule has 2 aliphatic rings. The number of nitrogens with one attached hydrogen (secondary N) is 1. The van der Waals surface area contributed by atoms with Crippen molar-refractivity contribution in [3.63, 3.8) is 0 Å². The van der Waals surface area contributed by atoms with Crippen molar-refractivity contribution in [2.24, 2.45) is 5.41 Å². The number of allylic oxidation sites excluding steroid dienone is 3. The van der Waals surface area contributed by atoms with Crippen LogP contribution in [0.1, 0.15) is 25.3 Å². The molecular formula is C22H25N2O11P. The Kier molecular flexibility index (Phi) is 7.68. The molecule has 2 heterocycles. The molecule has 1 aromatic rings. The summed E-state index contributed by atoms with van der Waals surface area (Å²) in [7, 11) is -1.12. The normalized spacial score (nSPS) is 20.8. The summed E-state index contributed by atoms with van der Waals surface area (Å²) >= 11 is 0. The van der Waals surface area contributed by atoms with E-state index in [9.17, 15) is 29.1 Å². The maximum atomic E-state index is 14.1. The van der Waals surface area contributed by atoms with Crippen LogP contribution in [0.25, 0.3) is 0 Å². The van der Waals surface area contributed by atoms with Gasteiger partial charge >= 0.3 is 25.5 Å². The molecule has 13 nitrogen and oxygen atoms in total. The molecule has 1 aromatic carbocycles. The molecule has 0 saturated carbocycles. The number of dihydropyridines is 1. The molecule has 0 spiro atoms. The number of para-hydroxylation sites is 1. The van der Waals surface area contributed by atoms with Gasteiger partial charge in [-0.3, -0.25) is 24.3 Å². The average Bonchev–Trinajstić information content (AvgIpc) is 2.87. The van der Waals surface area contributed by atoms with Gasteiger partial charge in [-0.1, -0.05) is 18.2 Å². The van der Waals surface area contributed by atoms with Gasteiger partial charge in [-0.15, -0.1) is 0 Å². The molecule has 0 amide bonds. The number of carbonyl (C=O) groups excluding carboxylic acids is 3. The highest BCUT2D eigenvalue weighted by atomic mass is 31.2. The van der Waals surface area contributed by atoms with Crippen molar-refractivity contribution < 1.29 is 47.1 Å². The number of esters is 3. The highest BCUT2D eigenvalue weighted by molar-refractivity contribution is 7.58. The van der Waals surface area contributed by atoms with E-state index < -0.39 is 55.0 Å². The van der Waals surface area contributed by atoms with Crippen molar-refractivity contribution >= 4 is 31.2 Å². The second-order valence-corrected chi connectivity index (χ2v) is 10.0. The van der Waals surface area contributed by atoms with Crippen molar-refractivity contribution in [1.82, 2.24) is 5.32 Å². The number of nitro groups is 1. The zero-order valence-corrected chi connectivity index (χ0v) is 21.1. The minimum absolute atomic E-state index is 0.0401. The third-order valence-electron chi connectivity index (χ3n) is 5.98. The van der Waals surface area contributed by atoms with Crippen molar-refractivity contribution in [2.75, 3.05) is 34.5 Å². The van der Waals surface area contributed by atoms with Gasteiger partial charge in [0.15, 0.2) is 0 Å². The van der Waals surface area contributed by atoms with Crippen LogP contribution in [0.5, 0.6) is 0 Å². The average molecular weight is 524 g/mol. The smallest absolute Gasteiger partial charge is 0.360 e. The standard InChI is InChI=1S/C22H25N2O11P/c1-12-16(19(25)31-3)17(14-8-6-7-9-15(14)24(28)29)18(13(2)23-12)36(30)34-10-22(11-35-36,20(26)32-4)21(27)33-5/h6-9,17,23H,10-11H2,1-5H3. The Balaban J connectivity index is 2.19. The Labute approximate surface area is 206 Å². The van der Waals surface area contributed by atoms with Crippen LogP contribution in [0.15, 0.2) is 46.5 Å². The summed E-state index contributed by atoms with van der Waals surface area (Å²) in [6.07, 6.45) is 0. The summed E-state index contributed by atoms with van der Waals surface area (Å²) in [5.41, 5.74) is -1.83. The highest BCUT2D eigenvalue weighted by Crippen LogP contribution is 2.67. The van der Waals surface area contributed by atoms with Crippen LogP contribution in [0.2, 0.25) is 0 Å². The van der Waals surface area contributed by atoms with E-state index in [-0.39, 0.29) is 27.8 Å². The van der Waals surface area contributed by atoms with Crippen LogP contribution in [0.4, 0.5) is 5.69 Å². The first kappa shape index (κ1) is 27.1. The zero-order chi connectivity index (χ0) is 26.8. The fourth-order valence-electron chi connectivity index (χ4n) is 4.25. The molecule has 1 saturated heterocycles. The van der Waals surface area contributed by atoms with Gasteiger partial charge in [0.25, 0.3) is 5.69 Å². The molecule has 0 radical (unpaired) electrons. The predicted octanol–water partition coefficient (Wildman–Crippen LogP) is 2.53. The largest absolute Gasteiger partial charge is 0.468 e. The molecule has 194 valence electrons. The maximum absolute atomic E-state index is 14.1. The lowest BCUT2D eigenvalue weighted by Crippen LogP contribution is -2.50. The van der Waals surface area contributed by atoms with Crippen molar-refractivity contribution in [3.8, 4) is 0 Å². The molecule has 0 bridgehead atoms. The number of rotatable bonds is 6. The first-order valence-corrected chi connectivity index (χ1v) is 12.1. The minimum Gasteiger partial charge on any atom is -0.468 e. The van der Waals surface area contributed by atoms with Gasteiger partial charge in [0.2, 0.25) is 5.41 Å². The number of nitro benzene ring substituents is 1. The fraction of sp³-hybridized carbons (Fsp3) is 0.409. The summed E-state index contributed by atoms with van der Waals surface area (Å²) in [4.78, 5) is 48.9. The quantitative estimate of drug-likeness (QED) is 0.144. The third kappa shape index (κ3) is 4.41. The monoisotopic (exact) mass is 524 g/mol. The van der Waals surface area contributed by atoms with Gasteiger partial charge in [0.1, 0.15) is 0 Å². The second kappa shape index (κ2) is 10.2. The molecule has 0 aromatic heterocycles. The molecule has 3 rings (SSSR count). The van der Waals surface area contributed by atoms with Crippen LogP contribution < -0.4 is 5.32 Å². The van der Waals surface area contributed by atoms with Crippen molar-refractivity contribution in [3.05, 3.63) is 62.2 Å². The summed E-state index contributed by atoms with van der Waals surface area (Å²) in [6.45, 7) is 1.65. The second-order valence-electron chi connectivity index (χ2n) is 8.02. The number of methoxy groups -OCH3 is 3. The van der Waals surface area contributed by atoms with Crippen molar-refractivity contribution in [2.45, 2.75) is 19.8 Å². The lowest BCUT2D eigenvalue weighted by molar-refractivity contribution is -0.385. The van der Waals surface area contributed by atoms with Crippen LogP contribution in [-0.4, -0.2) is 57.4 Å². The first-order valence-electron chi connectivity index (χ1n) is 10.5. The number of nitrogens with zero attached hydrogens (tertiary/aromatic N) is 1. The highest BCUT2D eigenvalue weighted by Gasteiger charge is 2.58. The Morgan fingerprint density at radius 2 is 1.58 bits per heavy atom. The number of benzene rings is 1. The molecule has 1 fully saturated rings. The third-order valence-corrected chi connectivity index (χ3v) is 8.11. The fourth-order valence-corrected chi connectivity index (χ4v) is 6.43. The van der Waals surface area contributed by atoms with Crippen molar-refractivity contribution in [1.29, 1.82) is 0 Å². The van der Waals surface area contributed by atoms with Gasteiger partial charge in [-0.25, -0.2) is 4.79 Å². The van der Waals surface area contributed by atoms with Gasteiger partial charge < -0.3 is 28.6 Å². The zero-order valence-electron chi connectivity index (χ0n) is 20.2. The summed E-state index contributed by atoms with van der Waals surface area (Å²) in [6, 6.07) is 5.64. The van der Waals surface area contributed by atoms with Gasteiger partial charge in [0.05, 0.1) is 56.3 Å². The number of hydrogen-bond donors (Lipinski definition) is 1. The number of hydrogen-bond acceptors (Lipinski definition) is 12. The summed E-state index contributed by atoms with van der Waals surface area (Å²) < 4.78 is 39.6. The van der Waals surface area contributed by atoms with E-state index in [0.717, 1.165) is 21.3 Å². The maximum Gasteiger partial charge on any atom is 0.360 e. The Morgan fingerprint density at radius 3 is 2.08 bits per heavy atom. The van der Waals surface area contributed by atoms with E-state index in [1.807, 2.05) is 0 Å². The molecule has 1 atom stereocenters.